The lowest BCUT2D eigenvalue weighted by atomic mass is 9.70. The van der Waals surface area contributed by atoms with Crippen molar-refractivity contribution in [3.63, 3.8) is 0 Å². The molecule has 0 spiro atoms. The lowest BCUT2D eigenvalue weighted by molar-refractivity contribution is -0.596. The minimum atomic E-state index is -0.372. The van der Waals surface area contributed by atoms with Gasteiger partial charge in [-0.25, -0.2) is 0 Å². The van der Waals surface area contributed by atoms with E-state index in [2.05, 4.69) is 77.8 Å². The summed E-state index contributed by atoms with van der Waals surface area (Å²) in [6, 6.07) is 14.5. The summed E-state index contributed by atoms with van der Waals surface area (Å²) < 4.78 is 7.67. The second kappa shape index (κ2) is 8.36. The van der Waals surface area contributed by atoms with Crippen molar-refractivity contribution in [3.8, 4) is 18.0 Å². The molecule has 180 valence electrons. The van der Waals surface area contributed by atoms with Crippen LogP contribution in [0.2, 0.25) is 0 Å². The maximum atomic E-state index is 13.9. The van der Waals surface area contributed by atoms with E-state index in [0.29, 0.717) is 0 Å². The van der Waals surface area contributed by atoms with Gasteiger partial charge < -0.3 is 14.6 Å². The van der Waals surface area contributed by atoms with Gasteiger partial charge in [0.05, 0.1) is 18.8 Å². The zero-order valence-electron chi connectivity index (χ0n) is 21.0. The van der Waals surface area contributed by atoms with Crippen LogP contribution in [0, 0.1) is 12.3 Å². The number of ether oxygens (including phenoxy) is 1. The Bertz CT molecular complexity index is 1550. The van der Waals surface area contributed by atoms with Gasteiger partial charge in [-0.1, -0.05) is 32.8 Å². The second-order valence-electron chi connectivity index (χ2n) is 10.2. The topological polar surface area (TPSA) is 49.2 Å². The molecule has 5 nitrogen and oxygen atoms in total. The van der Waals surface area contributed by atoms with Crippen LogP contribution in [0.3, 0.4) is 0 Å². The third-order valence-electron chi connectivity index (χ3n) is 7.80. The first-order valence-corrected chi connectivity index (χ1v) is 12.6. The summed E-state index contributed by atoms with van der Waals surface area (Å²) in [6.45, 7) is 9.88. The minimum Gasteiger partial charge on any atom is -0.378 e. The molecule has 0 amide bonds. The average molecular weight is 477 g/mol. The Morgan fingerprint density at radius 1 is 1.11 bits per heavy atom. The van der Waals surface area contributed by atoms with Crippen LogP contribution in [-0.4, -0.2) is 37.1 Å². The fourth-order valence-electron chi connectivity index (χ4n) is 5.73. The summed E-state index contributed by atoms with van der Waals surface area (Å²) in [7, 11) is 0. The number of benzene rings is 2. The fraction of sp³-hybridized carbons (Fsp3) is 0.290. The number of fused-ring (bicyclic) bond motifs is 4. The molecule has 2 aromatic carbocycles. The number of hydrogen-bond acceptors (Lipinski definition) is 3. The smallest absolute Gasteiger partial charge is 0.214 e. The number of carbonyl (C=O) groups excluding carboxylic acids is 1. The highest BCUT2D eigenvalue weighted by atomic mass is 16.5. The standard InChI is InChI=1S/C31H29N3O2/c1-5-20-7-8-23-26(17-20)32-30-28(23)29(35)24-18-21(6-2)27(19-25(24)31(30,3)4)34-11-9-22(10-12-34)33-13-15-36-16-14-33/h1,7-12,17-19H,6,13-16H2,2-4H3/p+1. The fourth-order valence-corrected chi connectivity index (χ4v) is 5.73. The van der Waals surface area contributed by atoms with Crippen molar-refractivity contribution in [2.75, 3.05) is 31.2 Å². The van der Waals surface area contributed by atoms with Gasteiger partial charge in [-0.3, -0.25) is 4.79 Å². The van der Waals surface area contributed by atoms with Crippen molar-refractivity contribution < 1.29 is 14.1 Å². The molecule has 1 saturated heterocycles. The number of H-pyrrole nitrogens is 1. The summed E-state index contributed by atoms with van der Waals surface area (Å²) in [5.74, 6) is 2.77. The number of nitrogens with zero attached hydrogens (tertiary/aromatic N) is 2. The van der Waals surface area contributed by atoms with E-state index in [1.807, 2.05) is 18.2 Å². The molecule has 3 heterocycles. The summed E-state index contributed by atoms with van der Waals surface area (Å²) in [5, 5.41) is 0.933. The number of aromatic amines is 1. The molecule has 0 bridgehead atoms. The van der Waals surface area contributed by atoms with Crippen molar-refractivity contribution in [3.05, 3.63) is 88.4 Å². The van der Waals surface area contributed by atoms with Gasteiger partial charge in [0.15, 0.2) is 18.2 Å². The first kappa shape index (κ1) is 22.6. The Balaban J connectivity index is 1.47. The van der Waals surface area contributed by atoms with Crippen molar-refractivity contribution in [1.29, 1.82) is 0 Å². The van der Waals surface area contributed by atoms with Gasteiger partial charge in [-0.2, -0.15) is 4.57 Å². The lowest BCUT2D eigenvalue weighted by Gasteiger charge is -2.32. The van der Waals surface area contributed by atoms with Crippen molar-refractivity contribution in [2.45, 2.75) is 32.6 Å². The number of aryl methyl sites for hydroxylation is 1. The highest BCUT2D eigenvalue weighted by molar-refractivity contribution is 6.20. The Hall–Kier alpha value is -3.88. The third-order valence-corrected chi connectivity index (χ3v) is 7.80. The Morgan fingerprint density at radius 3 is 2.56 bits per heavy atom. The van der Waals surface area contributed by atoms with Crippen LogP contribution in [0.5, 0.6) is 0 Å². The minimum absolute atomic E-state index is 0.0768. The zero-order chi connectivity index (χ0) is 25.0. The summed E-state index contributed by atoms with van der Waals surface area (Å²) in [4.78, 5) is 19.8. The van der Waals surface area contributed by atoms with E-state index >= 15 is 0 Å². The highest BCUT2D eigenvalue weighted by Crippen LogP contribution is 2.44. The van der Waals surface area contributed by atoms with E-state index < -0.39 is 0 Å². The van der Waals surface area contributed by atoms with E-state index in [0.717, 1.165) is 82.8 Å². The number of carbonyl (C=O) groups is 1. The van der Waals surface area contributed by atoms with Crippen LogP contribution >= 0.6 is 0 Å². The van der Waals surface area contributed by atoms with Crippen LogP contribution in [-0.2, 0) is 16.6 Å². The number of hydrogen-bond donors (Lipinski definition) is 1. The Labute approximate surface area is 211 Å². The number of nitrogens with one attached hydrogen (secondary N) is 1. The third kappa shape index (κ3) is 3.37. The summed E-state index contributed by atoms with van der Waals surface area (Å²) in [6.07, 6.45) is 10.7. The molecule has 5 heteroatoms. The monoisotopic (exact) mass is 476 g/mol. The number of pyridine rings is 1. The molecule has 1 N–H and O–H groups in total. The quantitative estimate of drug-likeness (QED) is 0.345. The molecule has 1 aliphatic heterocycles. The van der Waals surface area contributed by atoms with E-state index in [1.165, 1.54) is 5.69 Å². The SMILES string of the molecule is C#Cc1ccc2c3c([nH]c2c1)C(C)(C)c1cc(-[n+]2ccc(N4CCOCC4)cc2)c(CC)cc1C3=O. The largest absolute Gasteiger partial charge is 0.378 e. The predicted molar refractivity (Wildman–Crippen MR) is 142 cm³/mol. The van der Waals surface area contributed by atoms with Crippen molar-refractivity contribution in [2.24, 2.45) is 0 Å². The van der Waals surface area contributed by atoms with E-state index in [1.54, 1.807) is 0 Å². The van der Waals surface area contributed by atoms with Gasteiger partial charge in [0.25, 0.3) is 0 Å². The van der Waals surface area contributed by atoms with Gasteiger partial charge in [-0.05, 0) is 30.2 Å². The van der Waals surface area contributed by atoms with Gasteiger partial charge in [-0.15, -0.1) is 6.42 Å². The maximum Gasteiger partial charge on any atom is 0.214 e. The molecule has 1 aliphatic carbocycles. The number of anilines is 1. The molecule has 0 saturated carbocycles. The molecule has 6 rings (SSSR count). The molecule has 0 atom stereocenters. The highest BCUT2D eigenvalue weighted by Gasteiger charge is 2.41. The van der Waals surface area contributed by atoms with E-state index in [-0.39, 0.29) is 11.2 Å². The van der Waals surface area contributed by atoms with Crippen LogP contribution in [0.15, 0.2) is 54.9 Å². The second-order valence-corrected chi connectivity index (χ2v) is 10.2. The summed E-state index contributed by atoms with van der Waals surface area (Å²) >= 11 is 0. The molecular weight excluding hydrogens is 446 g/mol. The molecule has 36 heavy (non-hydrogen) atoms. The Morgan fingerprint density at radius 2 is 1.86 bits per heavy atom. The van der Waals surface area contributed by atoms with Gasteiger partial charge >= 0.3 is 0 Å². The summed E-state index contributed by atoms with van der Waals surface area (Å²) in [5.41, 5.74) is 8.36. The predicted octanol–water partition coefficient (Wildman–Crippen LogP) is 4.70. The maximum absolute atomic E-state index is 13.9. The molecule has 1 fully saturated rings. The molecule has 2 aromatic heterocycles. The van der Waals surface area contributed by atoms with Crippen LogP contribution in [0.1, 0.15) is 59.1 Å². The molecule has 0 unspecified atom stereocenters. The van der Waals surface area contributed by atoms with Crippen LogP contribution in [0.4, 0.5) is 5.69 Å². The van der Waals surface area contributed by atoms with Crippen molar-refractivity contribution >= 4 is 22.4 Å². The number of ketones is 1. The molecule has 4 aromatic rings. The number of rotatable bonds is 3. The van der Waals surface area contributed by atoms with Gasteiger partial charge in [0.1, 0.15) is 0 Å². The number of aromatic nitrogens is 2. The van der Waals surface area contributed by atoms with Crippen LogP contribution in [0.25, 0.3) is 16.6 Å². The average Bonchev–Trinajstić information content (AvgIpc) is 3.32. The van der Waals surface area contributed by atoms with Gasteiger partial charge in [0.2, 0.25) is 5.69 Å². The van der Waals surface area contributed by atoms with E-state index in [9.17, 15) is 4.79 Å². The lowest BCUT2D eigenvalue weighted by Crippen LogP contribution is -2.38. The zero-order valence-corrected chi connectivity index (χ0v) is 21.0. The van der Waals surface area contributed by atoms with Gasteiger partial charge in [0, 0.05) is 75.7 Å². The molecule has 0 radical (unpaired) electrons. The number of morpholine rings is 1. The normalized spacial score (nSPS) is 16.5. The molecule has 2 aliphatic rings. The Kier molecular flexibility index (Phi) is 5.24. The molecular formula is C31H30N3O2+. The first-order chi connectivity index (χ1) is 17.4. The van der Waals surface area contributed by atoms with Crippen molar-refractivity contribution in [1.82, 2.24) is 4.98 Å². The van der Waals surface area contributed by atoms with E-state index in [4.69, 9.17) is 11.2 Å². The van der Waals surface area contributed by atoms with Crippen LogP contribution < -0.4 is 9.47 Å². The number of terminal acetylenes is 1. The first-order valence-electron chi connectivity index (χ1n) is 12.6.